The SMILES string of the molecule is CCNC(C(N)=O)C(C)n1ncc(Cl)c1C. The Balaban J connectivity index is 2.94. The Hall–Kier alpha value is -1.07. The van der Waals surface area contributed by atoms with Gasteiger partial charge in [-0.25, -0.2) is 0 Å². The number of hydrogen-bond acceptors (Lipinski definition) is 3. The maximum absolute atomic E-state index is 11.3. The number of carbonyl (C=O) groups excluding carboxylic acids is 1. The lowest BCUT2D eigenvalue weighted by Gasteiger charge is -2.23. The van der Waals surface area contributed by atoms with Gasteiger partial charge in [-0.3, -0.25) is 9.48 Å². The lowest BCUT2D eigenvalue weighted by atomic mass is 10.1. The number of nitrogens with two attached hydrogens (primary N) is 1. The first-order chi connectivity index (χ1) is 7.49. The molecule has 1 aromatic rings. The molecule has 0 aliphatic rings. The molecular weight excluding hydrogens is 228 g/mol. The molecule has 0 spiro atoms. The topological polar surface area (TPSA) is 72.9 Å². The number of aromatic nitrogens is 2. The predicted octanol–water partition coefficient (Wildman–Crippen LogP) is 0.869. The van der Waals surface area contributed by atoms with Crippen molar-refractivity contribution >= 4 is 17.5 Å². The van der Waals surface area contributed by atoms with E-state index in [0.717, 1.165) is 5.69 Å². The normalized spacial score (nSPS) is 14.8. The molecule has 90 valence electrons. The monoisotopic (exact) mass is 244 g/mol. The van der Waals surface area contributed by atoms with Crippen molar-refractivity contribution < 1.29 is 4.79 Å². The van der Waals surface area contributed by atoms with E-state index in [2.05, 4.69) is 10.4 Å². The van der Waals surface area contributed by atoms with Crippen molar-refractivity contribution in [3.8, 4) is 0 Å². The van der Waals surface area contributed by atoms with Gasteiger partial charge >= 0.3 is 0 Å². The standard InChI is InChI=1S/C10H17ClN4O/c1-4-13-9(10(12)16)7(3)15-6(2)8(11)5-14-15/h5,7,9,13H,4H2,1-3H3,(H2,12,16). The average Bonchev–Trinajstić information content (AvgIpc) is 2.55. The molecule has 1 aromatic heterocycles. The summed E-state index contributed by atoms with van der Waals surface area (Å²) in [4.78, 5) is 11.3. The van der Waals surface area contributed by atoms with Gasteiger partial charge in [0.05, 0.1) is 23.0 Å². The van der Waals surface area contributed by atoms with Crippen LogP contribution in [-0.2, 0) is 4.79 Å². The molecule has 0 bridgehead atoms. The van der Waals surface area contributed by atoms with Crippen molar-refractivity contribution in [2.75, 3.05) is 6.54 Å². The van der Waals surface area contributed by atoms with Crippen molar-refractivity contribution in [3.05, 3.63) is 16.9 Å². The lowest BCUT2D eigenvalue weighted by Crippen LogP contribution is -2.46. The molecule has 6 heteroatoms. The van der Waals surface area contributed by atoms with E-state index < -0.39 is 6.04 Å². The van der Waals surface area contributed by atoms with E-state index in [-0.39, 0.29) is 11.9 Å². The number of halogens is 1. The number of amides is 1. The largest absolute Gasteiger partial charge is 0.368 e. The van der Waals surface area contributed by atoms with Crippen molar-refractivity contribution in [1.82, 2.24) is 15.1 Å². The second-order valence-corrected chi connectivity index (χ2v) is 4.11. The fraction of sp³-hybridized carbons (Fsp3) is 0.600. The highest BCUT2D eigenvalue weighted by molar-refractivity contribution is 6.31. The summed E-state index contributed by atoms with van der Waals surface area (Å²) in [6, 6.07) is -0.607. The highest BCUT2D eigenvalue weighted by Gasteiger charge is 2.25. The number of nitrogens with one attached hydrogen (secondary N) is 1. The van der Waals surface area contributed by atoms with Crippen molar-refractivity contribution in [2.45, 2.75) is 32.9 Å². The third kappa shape index (κ3) is 2.54. The molecule has 5 nitrogen and oxygen atoms in total. The van der Waals surface area contributed by atoms with Gasteiger partial charge in [0.15, 0.2) is 0 Å². The second-order valence-electron chi connectivity index (χ2n) is 3.70. The highest BCUT2D eigenvalue weighted by Crippen LogP contribution is 2.19. The fourth-order valence-electron chi connectivity index (χ4n) is 1.68. The highest BCUT2D eigenvalue weighted by atomic mass is 35.5. The zero-order valence-corrected chi connectivity index (χ0v) is 10.5. The molecule has 0 aromatic carbocycles. The first-order valence-electron chi connectivity index (χ1n) is 5.21. The van der Waals surface area contributed by atoms with Crippen LogP contribution in [0.4, 0.5) is 0 Å². The van der Waals surface area contributed by atoms with Gasteiger partial charge in [-0.15, -0.1) is 0 Å². The van der Waals surface area contributed by atoms with E-state index in [1.165, 1.54) is 0 Å². The van der Waals surface area contributed by atoms with Crippen LogP contribution in [0.2, 0.25) is 5.02 Å². The molecule has 1 rings (SSSR count). The summed E-state index contributed by atoms with van der Waals surface area (Å²) >= 11 is 5.91. The van der Waals surface area contributed by atoms with Gasteiger partial charge in [-0.1, -0.05) is 18.5 Å². The van der Waals surface area contributed by atoms with Crippen molar-refractivity contribution in [3.63, 3.8) is 0 Å². The molecule has 2 atom stereocenters. The van der Waals surface area contributed by atoms with E-state index in [1.54, 1.807) is 10.9 Å². The third-order valence-electron chi connectivity index (χ3n) is 2.58. The van der Waals surface area contributed by atoms with Crippen LogP contribution in [0.5, 0.6) is 0 Å². The number of primary amides is 1. The number of carbonyl (C=O) groups is 1. The van der Waals surface area contributed by atoms with Crippen molar-refractivity contribution in [1.29, 1.82) is 0 Å². The zero-order chi connectivity index (χ0) is 12.3. The van der Waals surface area contributed by atoms with Crippen LogP contribution in [0.1, 0.15) is 25.6 Å². The Morgan fingerprint density at radius 2 is 2.38 bits per heavy atom. The van der Waals surface area contributed by atoms with E-state index in [0.29, 0.717) is 11.6 Å². The molecule has 0 saturated carbocycles. The van der Waals surface area contributed by atoms with Gasteiger partial charge in [0.25, 0.3) is 0 Å². The van der Waals surface area contributed by atoms with Gasteiger partial charge in [-0.05, 0) is 20.4 Å². The zero-order valence-electron chi connectivity index (χ0n) is 9.70. The summed E-state index contributed by atoms with van der Waals surface area (Å²) in [5, 5.41) is 7.77. The predicted molar refractivity (Wildman–Crippen MR) is 63.3 cm³/mol. The Bertz CT molecular complexity index is 377. The van der Waals surface area contributed by atoms with E-state index in [9.17, 15) is 4.79 Å². The molecule has 0 saturated heterocycles. The quantitative estimate of drug-likeness (QED) is 0.807. The second kappa shape index (κ2) is 5.32. The number of nitrogens with zero attached hydrogens (tertiary/aromatic N) is 2. The van der Waals surface area contributed by atoms with Crippen LogP contribution >= 0.6 is 11.6 Å². The minimum Gasteiger partial charge on any atom is -0.368 e. The summed E-state index contributed by atoms with van der Waals surface area (Å²) < 4.78 is 1.71. The molecule has 0 aliphatic heterocycles. The van der Waals surface area contributed by atoms with Crippen molar-refractivity contribution in [2.24, 2.45) is 5.73 Å². The summed E-state index contributed by atoms with van der Waals surface area (Å²) in [6.45, 7) is 6.34. The molecule has 16 heavy (non-hydrogen) atoms. The minimum atomic E-state index is -0.445. The van der Waals surface area contributed by atoms with E-state index in [4.69, 9.17) is 17.3 Å². The number of likely N-dealkylation sites (N-methyl/N-ethyl adjacent to an activating group) is 1. The maximum Gasteiger partial charge on any atom is 0.236 e. The first kappa shape index (κ1) is 13.0. The van der Waals surface area contributed by atoms with Crippen LogP contribution < -0.4 is 11.1 Å². The Kier molecular flexibility index (Phi) is 4.32. The molecule has 0 aliphatic carbocycles. The molecule has 1 heterocycles. The average molecular weight is 245 g/mol. The Labute approximate surface area is 99.9 Å². The number of rotatable bonds is 5. The molecule has 2 unspecified atom stereocenters. The molecule has 3 N–H and O–H groups in total. The van der Waals surface area contributed by atoms with Crippen LogP contribution in [-0.4, -0.2) is 28.3 Å². The van der Waals surface area contributed by atoms with Gasteiger partial charge in [0, 0.05) is 0 Å². The molecular formula is C10H17ClN4O. The summed E-state index contributed by atoms with van der Waals surface area (Å²) in [7, 11) is 0. The summed E-state index contributed by atoms with van der Waals surface area (Å²) in [6.07, 6.45) is 1.57. The van der Waals surface area contributed by atoms with Crippen LogP contribution in [0.15, 0.2) is 6.20 Å². The molecule has 0 radical (unpaired) electrons. The molecule has 0 fully saturated rings. The van der Waals surface area contributed by atoms with Crippen LogP contribution in [0.25, 0.3) is 0 Å². The first-order valence-corrected chi connectivity index (χ1v) is 5.59. The summed E-state index contributed by atoms with van der Waals surface area (Å²) in [5.74, 6) is -0.389. The van der Waals surface area contributed by atoms with Gasteiger partial charge < -0.3 is 11.1 Å². The Morgan fingerprint density at radius 1 is 1.75 bits per heavy atom. The minimum absolute atomic E-state index is 0.162. The van der Waals surface area contributed by atoms with Crippen LogP contribution in [0.3, 0.4) is 0 Å². The molecule has 1 amide bonds. The van der Waals surface area contributed by atoms with Gasteiger partial charge in [0.2, 0.25) is 5.91 Å². The third-order valence-corrected chi connectivity index (χ3v) is 2.95. The summed E-state index contributed by atoms with van der Waals surface area (Å²) in [5.41, 5.74) is 6.17. The fourth-order valence-corrected chi connectivity index (χ4v) is 1.81. The Morgan fingerprint density at radius 3 is 2.75 bits per heavy atom. The van der Waals surface area contributed by atoms with Crippen LogP contribution in [0, 0.1) is 6.92 Å². The van der Waals surface area contributed by atoms with E-state index >= 15 is 0 Å². The van der Waals surface area contributed by atoms with Gasteiger partial charge in [0.1, 0.15) is 6.04 Å². The van der Waals surface area contributed by atoms with Gasteiger partial charge in [-0.2, -0.15) is 5.10 Å². The maximum atomic E-state index is 11.3. The van der Waals surface area contributed by atoms with E-state index in [1.807, 2.05) is 20.8 Å². The number of hydrogen-bond donors (Lipinski definition) is 2. The smallest absolute Gasteiger partial charge is 0.236 e. The lowest BCUT2D eigenvalue weighted by molar-refractivity contribution is -0.121.